The summed E-state index contributed by atoms with van der Waals surface area (Å²) < 4.78 is 0. The van der Waals surface area contributed by atoms with Crippen molar-refractivity contribution in [1.82, 2.24) is 4.98 Å². The Hall–Kier alpha value is -0.890. The molecule has 1 aromatic rings. The molecule has 0 saturated heterocycles. The Morgan fingerprint density at radius 3 is 2.65 bits per heavy atom. The van der Waals surface area contributed by atoms with Crippen LogP contribution in [0.15, 0.2) is 24.4 Å². The number of hydrogen-bond donors (Lipinski definition) is 1. The highest BCUT2D eigenvalue weighted by atomic mass is 14.7. The zero-order valence-electron chi connectivity index (χ0n) is 10.8. The van der Waals surface area contributed by atoms with Gasteiger partial charge in [-0.25, -0.2) is 0 Å². The Bertz CT molecular complexity index is 315. The van der Waals surface area contributed by atoms with E-state index in [9.17, 15) is 0 Å². The summed E-state index contributed by atoms with van der Waals surface area (Å²) in [7, 11) is 0. The molecule has 1 aromatic heterocycles. The Morgan fingerprint density at radius 2 is 2.06 bits per heavy atom. The van der Waals surface area contributed by atoms with E-state index in [4.69, 9.17) is 5.73 Å². The molecule has 1 atom stereocenters. The van der Waals surface area contributed by atoms with Gasteiger partial charge >= 0.3 is 0 Å². The van der Waals surface area contributed by atoms with Crippen molar-refractivity contribution in [2.45, 2.75) is 51.5 Å². The van der Waals surface area contributed by atoms with E-state index < -0.39 is 0 Å². The number of nitrogens with zero attached hydrogens (tertiary/aromatic N) is 1. The Kier molecular flexibility index (Phi) is 4.55. The van der Waals surface area contributed by atoms with E-state index in [1.54, 1.807) is 0 Å². The molecule has 2 N–H and O–H groups in total. The third kappa shape index (κ3) is 3.53. The molecule has 0 bridgehead atoms. The third-order valence-electron chi connectivity index (χ3n) is 4.25. The van der Waals surface area contributed by atoms with Gasteiger partial charge in [-0.3, -0.25) is 4.98 Å². The molecule has 1 saturated carbocycles. The number of aromatic nitrogens is 1. The first kappa shape index (κ1) is 12.6. The van der Waals surface area contributed by atoms with Crippen molar-refractivity contribution in [1.29, 1.82) is 0 Å². The molecule has 1 aliphatic rings. The van der Waals surface area contributed by atoms with Crippen LogP contribution in [-0.4, -0.2) is 11.0 Å². The summed E-state index contributed by atoms with van der Waals surface area (Å²) in [6.45, 7) is 2.30. The van der Waals surface area contributed by atoms with Crippen LogP contribution in [0.1, 0.15) is 44.7 Å². The minimum absolute atomic E-state index is 0.294. The van der Waals surface area contributed by atoms with Crippen molar-refractivity contribution in [3.63, 3.8) is 0 Å². The minimum atomic E-state index is 0.294. The van der Waals surface area contributed by atoms with Crippen molar-refractivity contribution in [3.8, 4) is 0 Å². The molecule has 0 spiro atoms. The van der Waals surface area contributed by atoms with Gasteiger partial charge < -0.3 is 5.73 Å². The lowest BCUT2D eigenvalue weighted by Crippen LogP contribution is -2.35. The smallest absolute Gasteiger partial charge is 0.0419 e. The summed E-state index contributed by atoms with van der Waals surface area (Å²) in [6.07, 6.45) is 9.49. The first-order valence-corrected chi connectivity index (χ1v) is 6.95. The van der Waals surface area contributed by atoms with Crippen LogP contribution in [0.4, 0.5) is 0 Å². The van der Waals surface area contributed by atoms with Crippen LogP contribution in [0, 0.1) is 11.8 Å². The monoisotopic (exact) mass is 232 g/mol. The predicted molar refractivity (Wildman–Crippen MR) is 71.7 cm³/mol. The fourth-order valence-corrected chi connectivity index (χ4v) is 2.95. The predicted octanol–water partition coefficient (Wildman–Crippen LogP) is 3.17. The highest BCUT2D eigenvalue weighted by molar-refractivity contribution is 5.05. The van der Waals surface area contributed by atoms with Crippen LogP contribution in [0.2, 0.25) is 0 Å². The SMILES string of the molecule is CCC1CCC(C(N)Cc2ccccn2)CC1. The molecule has 1 fully saturated rings. The Labute approximate surface area is 105 Å². The van der Waals surface area contributed by atoms with Crippen molar-refractivity contribution in [2.24, 2.45) is 17.6 Å². The molecule has 1 unspecified atom stereocenters. The molecule has 2 rings (SSSR count). The highest BCUT2D eigenvalue weighted by Gasteiger charge is 2.24. The Balaban J connectivity index is 1.83. The van der Waals surface area contributed by atoms with Crippen LogP contribution in [0.5, 0.6) is 0 Å². The number of pyridine rings is 1. The summed E-state index contributed by atoms with van der Waals surface area (Å²) in [4.78, 5) is 4.36. The minimum Gasteiger partial charge on any atom is -0.327 e. The van der Waals surface area contributed by atoms with Crippen LogP contribution in [0.25, 0.3) is 0 Å². The van der Waals surface area contributed by atoms with E-state index in [-0.39, 0.29) is 0 Å². The van der Waals surface area contributed by atoms with E-state index in [0.29, 0.717) is 12.0 Å². The van der Waals surface area contributed by atoms with Crippen LogP contribution in [0.3, 0.4) is 0 Å². The van der Waals surface area contributed by atoms with Gasteiger partial charge in [-0.05, 0) is 36.8 Å². The largest absolute Gasteiger partial charge is 0.327 e. The van der Waals surface area contributed by atoms with Crippen molar-refractivity contribution >= 4 is 0 Å². The topological polar surface area (TPSA) is 38.9 Å². The molecular formula is C15H24N2. The van der Waals surface area contributed by atoms with Gasteiger partial charge in [0.25, 0.3) is 0 Å². The van der Waals surface area contributed by atoms with Crippen LogP contribution < -0.4 is 5.73 Å². The lowest BCUT2D eigenvalue weighted by Gasteiger charge is -2.31. The maximum atomic E-state index is 6.33. The van der Waals surface area contributed by atoms with E-state index in [0.717, 1.165) is 18.0 Å². The van der Waals surface area contributed by atoms with Gasteiger partial charge in [0.2, 0.25) is 0 Å². The first-order valence-electron chi connectivity index (χ1n) is 6.95. The Morgan fingerprint density at radius 1 is 1.29 bits per heavy atom. The second-order valence-corrected chi connectivity index (χ2v) is 5.38. The second-order valence-electron chi connectivity index (χ2n) is 5.38. The van der Waals surface area contributed by atoms with Gasteiger partial charge in [0.1, 0.15) is 0 Å². The number of rotatable bonds is 4. The lowest BCUT2D eigenvalue weighted by molar-refractivity contribution is 0.237. The fourth-order valence-electron chi connectivity index (χ4n) is 2.95. The average Bonchev–Trinajstić information content (AvgIpc) is 2.40. The highest BCUT2D eigenvalue weighted by Crippen LogP contribution is 2.32. The maximum Gasteiger partial charge on any atom is 0.0419 e. The second kappa shape index (κ2) is 6.15. The molecule has 0 aliphatic heterocycles. The van der Waals surface area contributed by atoms with Gasteiger partial charge in [-0.2, -0.15) is 0 Å². The number of nitrogens with two attached hydrogens (primary N) is 1. The number of hydrogen-bond acceptors (Lipinski definition) is 2. The molecule has 2 heteroatoms. The van der Waals surface area contributed by atoms with Crippen LogP contribution >= 0.6 is 0 Å². The lowest BCUT2D eigenvalue weighted by atomic mass is 9.77. The molecule has 2 nitrogen and oxygen atoms in total. The zero-order chi connectivity index (χ0) is 12.1. The maximum absolute atomic E-state index is 6.33. The summed E-state index contributed by atoms with van der Waals surface area (Å²) >= 11 is 0. The average molecular weight is 232 g/mol. The standard InChI is InChI=1S/C15H24N2/c1-2-12-6-8-13(9-7-12)15(16)11-14-5-3-4-10-17-14/h3-5,10,12-13,15H,2,6-9,11,16H2,1H3. The van der Waals surface area contributed by atoms with Crippen LogP contribution in [-0.2, 0) is 6.42 Å². The molecule has 0 aromatic carbocycles. The molecule has 1 heterocycles. The zero-order valence-corrected chi connectivity index (χ0v) is 10.8. The summed E-state index contributed by atoms with van der Waals surface area (Å²) in [5.41, 5.74) is 7.46. The summed E-state index contributed by atoms with van der Waals surface area (Å²) in [5, 5.41) is 0. The molecule has 1 aliphatic carbocycles. The normalized spacial score (nSPS) is 26.7. The molecule has 94 valence electrons. The van der Waals surface area contributed by atoms with Gasteiger partial charge in [0.05, 0.1) is 0 Å². The molecular weight excluding hydrogens is 208 g/mol. The van der Waals surface area contributed by atoms with E-state index in [2.05, 4.69) is 18.0 Å². The quantitative estimate of drug-likeness (QED) is 0.866. The van der Waals surface area contributed by atoms with Gasteiger partial charge in [-0.1, -0.05) is 32.3 Å². The summed E-state index contributed by atoms with van der Waals surface area (Å²) in [6, 6.07) is 6.38. The fraction of sp³-hybridized carbons (Fsp3) is 0.667. The van der Waals surface area contributed by atoms with E-state index in [1.165, 1.54) is 32.1 Å². The van der Waals surface area contributed by atoms with E-state index in [1.807, 2.05) is 18.3 Å². The molecule has 0 radical (unpaired) electrons. The first-order chi connectivity index (χ1) is 8.29. The van der Waals surface area contributed by atoms with Gasteiger partial charge in [-0.15, -0.1) is 0 Å². The van der Waals surface area contributed by atoms with Crippen molar-refractivity contribution < 1.29 is 0 Å². The summed E-state index contributed by atoms with van der Waals surface area (Å²) in [5.74, 6) is 1.66. The van der Waals surface area contributed by atoms with Crippen molar-refractivity contribution in [2.75, 3.05) is 0 Å². The van der Waals surface area contributed by atoms with Crippen molar-refractivity contribution in [3.05, 3.63) is 30.1 Å². The molecule has 0 amide bonds. The van der Waals surface area contributed by atoms with E-state index >= 15 is 0 Å². The molecule has 17 heavy (non-hydrogen) atoms. The third-order valence-corrected chi connectivity index (χ3v) is 4.25. The van der Waals surface area contributed by atoms with Gasteiger partial charge in [0, 0.05) is 24.4 Å². The van der Waals surface area contributed by atoms with Gasteiger partial charge in [0.15, 0.2) is 0 Å².